The molecule has 64 heavy (non-hydrogen) atoms. The normalized spacial score (nSPS) is 13.0. The highest BCUT2D eigenvalue weighted by atomic mass is 16.3. The molecule has 0 aliphatic rings. The highest BCUT2D eigenvalue weighted by Gasteiger charge is 2.18. The minimum absolute atomic E-state index is 0.0686. The zero-order valence-corrected chi connectivity index (χ0v) is 43.6. The molecule has 3 N–H and O–H groups in total. The van der Waals surface area contributed by atoms with Crippen molar-refractivity contribution in [1.82, 2.24) is 5.32 Å². The van der Waals surface area contributed by atoms with Gasteiger partial charge in [0.2, 0.25) is 5.91 Å². The molecule has 0 bridgehead atoms. The van der Waals surface area contributed by atoms with E-state index in [2.05, 4.69) is 43.5 Å². The predicted octanol–water partition coefficient (Wildman–Crippen LogP) is 19.3. The van der Waals surface area contributed by atoms with Gasteiger partial charge in [-0.1, -0.05) is 294 Å². The number of unbranched alkanes of at least 4 members (excludes halogenated alkanes) is 43. The second-order valence-electron chi connectivity index (χ2n) is 20.1. The molecule has 4 nitrogen and oxygen atoms in total. The average molecular weight is 899 g/mol. The van der Waals surface area contributed by atoms with E-state index in [1.54, 1.807) is 6.08 Å². The standard InChI is InChI=1S/C60H115NO3/c1-3-5-7-9-11-13-15-17-19-21-23-25-26-27-28-29-30-31-32-33-34-35-36-38-40-42-44-46-48-50-52-54-56-60(64)61-58(57-62)59(63)55-53-51-49-47-45-43-41-39-37-24-22-20-18-16-14-12-10-8-6-4-2/h27-28,45,47,53,55,58-59,62-63H,3-26,29-44,46,48-52,54,56-57H2,1-2H3,(H,61,64)/b28-27-,47-45+,55-53+. The summed E-state index contributed by atoms with van der Waals surface area (Å²) in [5.74, 6) is -0.0686. The fourth-order valence-electron chi connectivity index (χ4n) is 9.13. The van der Waals surface area contributed by atoms with Crippen molar-refractivity contribution in [2.24, 2.45) is 0 Å². The maximum absolute atomic E-state index is 12.5. The van der Waals surface area contributed by atoms with Crippen molar-refractivity contribution < 1.29 is 15.0 Å². The summed E-state index contributed by atoms with van der Waals surface area (Å²) in [5.41, 5.74) is 0. The zero-order chi connectivity index (χ0) is 46.3. The van der Waals surface area contributed by atoms with E-state index in [4.69, 9.17) is 0 Å². The number of carbonyl (C=O) groups is 1. The largest absolute Gasteiger partial charge is 0.394 e. The number of aliphatic hydroxyl groups excluding tert-OH is 2. The Labute approximate surface area is 402 Å². The number of allylic oxidation sites excluding steroid dienone is 5. The van der Waals surface area contributed by atoms with E-state index in [1.807, 2.05) is 6.08 Å². The summed E-state index contributed by atoms with van der Waals surface area (Å²) < 4.78 is 0. The first-order valence-electron chi connectivity index (χ1n) is 29.2. The Morgan fingerprint density at radius 3 is 0.906 bits per heavy atom. The highest BCUT2D eigenvalue weighted by Crippen LogP contribution is 2.17. The highest BCUT2D eigenvalue weighted by molar-refractivity contribution is 5.76. The van der Waals surface area contributed by atoms with Crippen LogP contribution in [0, 0.1) is 0 Å². The molecule has 1 amide bonds. The van der Waals surface area contributed by atoms with Gasteiger partial charge in [0, 0.05) is 6.42 Å². The lowest BCUT2D eigenvalue weighted by Gasteiger charge is -2.19. The Kier molecular flexibility index (Phi) is 54.7. The van der Waals surface area contributed by atoms with Crippen LogP contribution >= 0.6 is 0 Å². The number of nitrogens with one attached hydrogen (secondary N) is 1. The van der Waals surface area contributed by atoms with E-state index in [0.29, 0.717) is 6.42 Å². The lowest BCUT2D eigenvalue weighted by atomic mass is 10.0. The second kappa shape index (κ2) is 55.9. The number of amides is 1. The molecule has 0 aromatic carbocycles. The molecule has 378 valence electrons. The summed E-state index contributed by atoms with van der Waals surface area (Å²) in [6, 6.07) is -0.638. The molecule has 0 radical (unpaired) electrons. The van der Waals surface area contributed by atoms with Gasteiger partial charge in [-0.2, -0.15) is 0 Å². The number of rotatable bonds is 54. The molecule has 0 spiro atoms. The minimum atomic E-state index is -0.861. The van der Waals surface area contributed by atoms with E-state index in [1.165, 1.54) is 270 Å². The number of aliphatic hydroxyl groups is 2. The maximum Gasteiger partial charge on any atom is 0.220 e. The summed E-state index contributed by atoms with van der Waals surface area (Å²) in [6.45, 7) is 4.33. The third kappa shape index (κ3) is 51.6. The molecule has 0 aliphatic heterocycles. The average Bonchev–Trinajstić information content (AvgIpc) is 3.30. The van der Waals surface area contributed by atoms with Crippen LogP contribution in [0.5, 0.6) is 0 Å². The van der Waals surface area contributed by atoms with Gasteiger partial charge in [0.05, 0.1) is 18.8 Å². The fraction of sp³-hybridized carbons (Fsp3) is 0.883. The van der Waals surface area contributed by atoms with Crippen LogP contribution in [0.3, 0.4) is 0 Å². The van der Waals surface area contributed by atoms with Crippen molar-refractivity contribution in [2.75, 3.05) is 6.61 Å². The number of hydrogen-bond acceptors (Lipinski definition) is 3. The maximum atomic E-state index is 12.5. The van der Waals surface area contributed by atoms with Gasteiger partial charge < -0.3 is 15.5 Å². The Morgan fingerprint density at radius 2 is 0.609 bits per heavy atom. The van der Waals surface area contributed by atoms with Crippen molar-refractivity contribution in [3.05, 3.63) is 36.5 Å². The van der Waals surface area contributed by atoms with Crippen molar-refractivity contribution >= 4 is 5.91 Å². The summed E-state index contributed by atoms with van der Waals surface area (Å²) >= 11 is 0. The van der Waals surface area contributed by atoms with E-state index in [0.717, 1.165) is 32.1 Å². The molecule has 2 unspecified atom stereocenters. The second-order valence-corrected chi connectivity index (χ2v) is 20.1. The SMILES string of the molecule is CCCCCCCCCCCCCC/C=C\CCCCCCCCCCCCCCCCCCC(=O)NC(CO)C(O)/C=C/CC/C=C/CCCCCCCCCCCCCCCC. The van der Waals surface area contributed by atoms with Crippen LogP contribution in [0.2, 0.25) is 0 Å². The van der Waals surface area contributed by atoms with Gasteiger partial charge in [-0.25, -0.2) is 0 Å². The third-order valence-electron chi connectivity index (χ3n) is 13.6. The quantitative estimate of drug-likeness (QED) is 0.0421. The molecule has 0 heterocycles. The van der Waals surface area contributed by atoms with Crippen LogP contribution in [0.25, 0.3) is 0 Å². The van der Waals surface area contributed by atoms with Gasteiger partial charge in [0.25, 0.3) is 0 Å². The van der Waals surface area contributed by atoms with Gasteiger partial charge in [-0.3, -0.25) is 4.79 Å². The summed E-state index contributed by atoms with van der Waals surface area (Å²) in [4.78, 5) is 12.5. The van der Waals surface area contributed by atoms with Crippen molar-refractivity contribution in [3.63, 3.8) is 0 Å². The predicted molar refractivity (Wildman–Crippen MR) is 285 cm³/mol. The summed E-state index contributed by atoms with van der Waals surface area (Å²) in [7, 11) is 0. The Hall–Kier alpha value is -1.39. The van der Waals surface area contributed by atoms with E-state index in [-0.39, 0.29) is 12.5 Å². The summed E-state index contributed by atoms with van der Waals surface area (Å²) in [5, 5.41) is 23.1. The van der Waals surface area contributed by atoms with Gasteiger partial charge >= 0.3 is 0 Å². The van der Waals surface area contributed by atoms with Crippen molar-refractivity contribution in [2.45, 2.75) is 334 Å². The first-order valence-corrected chi connectivity index (χ1v) is 29.2. The molecule has 2 atom stereocenters. The van der Waals surface area contributed by atoms with Crippen LogP contribution in [0.1, 0.15) is 322 Å². The molecule has 0 saturated carbocycles. The van der Waals surface area contributed by atoms with Crippen LogP contribution < -0.4 is 5.32 Å². The smallest absolute Gasteiger partial charge is 0.220 e. The number of carbonyl (C=O) groups excluding carboxylic acids is 1. The van der Waals surface area contributed by atoms with Crippen molar-refractivity contribution in [1.29, 1.82) is 0 Å². The first-order chi connectivity index (χ1) is 31.7. The summed E-state index contributed by atoms with van der Waals surface area (Å²) in [6.07, 6.45) is 76.1. The molecule has 0 fully saturated rings. The Morgan fingerprint density at radius 1 is 0.359 bits per heavy atom. The zero-order valence-electron chi connectivity index (χ0n) is 43.6. The molecule has 4 heteroatoms. The lowest BCUT2D eigenvalue weighted by Crippen LogP contribution is -2.45. The van der Waals surface area contributed by atoms with Crippen LogP contribution in [-0.2, 0) is 4.79 Å². The van der Waals surface area contributed by atoms with Gasteiger partial charge in [0.15, 0.2) is 0 Å². The van der Waals surface area contributed by atoms with E-state index in [9.17, 15) is 15.0 Å². The molecule has 0 saturated heterocycles. The first kappa shape index (κ1) is 62.6. The molecule has 0 aromatic rings. The van der Waals surface area contributed by atoms with Crippen LogP contribution in [-0.4, -0.2) is 34.9 Å². The van der Waals surface area contributed by atoms with E-state index < -0.39 is 12.1 Å². The number of hydrogen-bond donors (Lipinski definition) is 3. The van der Waals surface area contributed by atoms with Crippen LogP contribution in [0.4, 0.5) is 0 Å². The van der Waals surface area contributed by atoms with Gasteiger partial charge in [0.1, 0.15) is 0 Å². The van der Waals surface area contributed by atoms with Gasteiger partial charge in [-0.05, 0) is 57.8 Å². The molecule has 0 rings (SSSR count). The monoisotopic (exact) mass is 898 g/mol. The third-order valence-corrected chi connectivity index (χ3v) is 13.6. The lowest BCUT2D eigenvalue weighted by molar-refractivity contribution is -0.123. The van der Waals surface area contributed by atoms with Crippen LogP contribution in [0.15, 0.2) is 36.5 Å². The molecular weight excluding hydrogens is 783 g/mol. The minimum Gasteiger partial charge on any atom is -0.394 e. The molecule has 0 aliphatic carbocycles. The molecular formula is C60H115NO3. The molecule has 0 aromatic heterocycles. The Balaban J connectivity index is 3.47. The van der Waals surface area contributed by atoms with Crippen molar-refractivity contribution in [3.8, 4) is 0 Å². The van der Waals surface area contributed by atoms with Gasteiger partial charge in [-0.15, -0.1) is 0 Å². The Bertz CT molecular complexity index is 974. The van der Waals surface area contributed by atoms with E-state index >= 15 is 0 Å². The topological polar surface area (TPSA) is 69.6 Å². The fourth-order valence-corrected chi connectivity index (χ4v) is 9.13.